The van der Waals surface area contributed by atoms with E-state index >= 15 is 0 Å². The van der Waals surface area contributed by atoms with Crippen LogP contribution in [0.2, 0.25) is 5.02 Å². The molecular formula is C39H49ClN2O7. The number of carboxylic acids is 1. The van der Waals surface area contributed by atoms with Crippen LogP contribution >= 0.6 is 11.6 Å². The second kappa shape index (κ2) is 15.9. The van der Waals surface area contributed by atoms with Crippen molar-refractivity contribution in [3.05, 3.63) is 82.4 Å². The Morgan fingerprint density at radius 1 is 0.857 bits per heavy atom. The number of ether oxygens (including phenoxy) is 2. The SMILES string of the molecule is CCC(C)(C)c1cc(C(C)(C)C)ccc1OCCCC(=O)Nc1ccc(Cl)c(NC(=O)C(Oc2ccc(C(=O)O)cc2)C(=O)C(C)(C)C)c1. The van der Waals surface area contributed by atoms with Gasteiger partial charge in [0.05, 0.1) is 22.9 Å². The van der Waals surface area contributed by atoms with Gasteiger partial charge in [-0.05, 0) is 77.8 Å². The number of ketones is 1. The van der Waals surface area contributed by atoms with Crippen molar-refractivity contribution in [3.63, 3.8) is 0 Å². The molecule has 0 heterocycles. The summed E-state index contributed by atoms with van der Waals surface area (Å²) >= 11 is 6.38. The Balaban J connectivity index is 1.66. The van der Waals surface area contributed by atoms with Crippen LogP contribution in [0.25, 0.3) is 0 Å². The Morgan fingerprint density at radius 3 is 2.08 bits per heavy atom. The summed E-state index contributed by atoms with van der Waals surface area (Å²) in [4.78, 5) is 50.7. The molecule has 2 amide bonds. The summed E-state index contributed by atoms with van der Waals surface area (Å²) < 4.78 is 12.0. The number of hydrogen-bond donors (Lipinski definition) is 3. The number of benzene rings is 3. The van der Waals surface area contributed by atoms with Crippen molar-refractivity contribution in [1.29, 1.82) is 0 Å². The van der Waals surface area contributed by atoms with Crippen molar-refractivity contribution < 1.29 is 33.8 Å². The Hall–Kier alpha value is -4.37. The zero-order valence-electron chi connectivity index (χ0n) is 30.0. The second-order valence-electron chi connectivity index (χ2n) is 14.8. The third-order valence-electron chi connectivity index (χ3n) is 8.34. The number of nitrogens with one attached hydrogen (secondary N) is 2. The Labute approximate surface area is 294 Å². The average Bonchev–Trinajstić information content (AvgIpc) is 3.02. The first-order chi connectivity index (χ1) is 22.7. The summed E-state index contributed by atoms with van der Waals surface area (Å²) in [5.41, 5.74) is 2.00. The van der Waals surface area contributed by atoms with Crippen molar-refractivity contribution in [2.75, 3.05) is 17.2 Å². The normalized spacial score (nSPS) is 12.5. The van der Waals surface area contributed by atoms with Gasteiger partial charge in [-0.15, -0.1) is 0 Å². The molecule has 9 nitrogen and oxygen atoms in total. The molecule has 1 atom stereocenters. The molecule has 0 spiro atoms. The lowest BCUT2D eigenvalue weighted by Gasteiger charge is -2.29. The highest BCUT2D eigenvalue weighted by atomic mass is 35.5. The summed E-state index contributed by atoms with van der Waals surface area (Å²) in [6.45, 7) is 18.5. The highest BCUT2D eigenvalue weighted by Gasteiger charge is 2.37. The predicted molar refractivity (Wildman–Crippen MR) is 194 cm³/mol. The summed E-state index contributed by atoms with van der Waals surface area (Å²) in [5, 5.41) is 14.8. The lowest BCUT2D eigenvalue weighted by Crippen LogP contribution is -2.45. The molecule has 3 rings (SSSR count). The molecule has 264 valence electrons. The summed E-state index contributed by atoms with van der Waals surface area (Å²) in [7, 11) is 0. The topological polar surface area (TPSA) is 131 Å². The van der Waals surface area contributed by atoms with E-state index in [1.54, 1.807) is 26.8 Å². The Morgan fingerprint density at radius 2 is 1.51 bits per heavy atom. The van der Waals surface area contributed by atoms with E-state index in [2.05, 4.69) is 64.3 Å². The van der Waals surface area contributed by atoms with Crippen molar-refractivity contribution in [2.45, 2.75) is 98.5 Å². The van der Waals surface area contributed by atoms with Gasteiger partial charge in [0.25, 0.3) is 5.91 Å². The summed E-state index contributed by atoms with van der Waals surface area (Å²) in [5.74, 6) is -1.66. The number of amides is 2. The molecule has 0 aliphatic rings. The first-order valence-electron chi connectivity index (χ1n) is 16.5. The maximum Gasteiger partial charge on any atom is 0.335 e. The van der Waals surface area contributed by atoms with Crippen LogP contribution in [0.5, 0.6) is 11.5 Å². The minimum Gasteiger partial charge on any atom is -0.493 e. The van der Waals surface area contributed by atoms with Gasteiger partial charge in [0, 0.05) is 23.1 Å². The van der Waals surface area contributed by atoms with Crippen molar-refractivity contribution in [3.8, 4) is 11.5 Å². The zero-order chi connectivity index (χ0) is 36.7. The van der Waals surface area contributed by atoms with E-state index in [4.69, 9.17) is 21.1 Å². The van der Waals surface area contributed by atoms with Crippen LogP contribution in [0.1, 0.15) is 103 Å². The number of anilines is 2. The van der Waals surface area contributed by atoms with Crippen molar-refractivity contribution in [2.24, 2.45) is 5.41 Å². The molecule has 0 radical (unpaired) electrons. The minimum atomic E-state index is -1.56. The molecule has 0 fully saturated rings. The van der Waals surface area contributed by atoms with Gasteiger partial charge in [0.2, 0.25) is 12.0 Å². The monoisotopic (exact) mass is 692 g/mol. The second-order valence-corrected chi connectivity index (χ2v) is 15.2. The van der Waals surface area contributed by atoms with Gasteiger partial charge >= 0.3 is 5.97 Å². The Bertz CT molecular complexity index is 1670. The maximum atomic E-state index is 13.4. The third-order valence-corrected chi connectivity index (χ3v) is 8.67. The van der Waals surface area contributed by atoms with Gasteiger partial charge in [-0.1, -0.05) is 86.0 Å². The number of Topliss-reactive ketones (excluding diaryl/α,β-unsaturated/α-hetero) is 1. The fourth-order valence-corrected chi connectivity index (χ4v) is 4.97. The molecule has 3 N–H and O–H groups in total. The Kier molecular flexibility index (Phi) is 12.7. The maximum absolute atomic E-state index is 13.4. The molecule has 0 aliphatic heterocycles. The molecule has 1 unspecified atom stereocenters. The number of carboxylic acid groups (broad SMARTS) is 1. The number of rotatable bonds is 14. The molecule has 0 saturated carbocycles. The number of hydrogen-bond acceptors (Lipinski definition) is 6. The smallest absolute Gasteiger partial charge is 0.335 e. The molecule has 0 aliphatic carbocycles. The molecular weight excluding hydrogens is 644 g/mol. The average molecular weight is 693 g/mol. The highest BCUT2D eigenvalue weighted by molar-refractivity contribution is 6.34. The first kappa shape index (κ1) is 39.1. The molecule has 0 saturated heterocycles. The summed E-state index contributed by atoms with van der Waals surface area (Å²) in [6, 6.07) is 16.4. The van der Waals surface area contributed by atoms with Crippen LogP contribution in [0.15, 0.2) is 60.7 Å². The first-order valence-corrected chi connectivity index (χ1v) is 16.8. The van der Waals surface area contributed by atoms with E-state index in [0.717, 1.165) is 17.7 Å². The van der Waals surface area contributed by atoms with E-state index in [1.807, 2.05) is 6.07 Å². The van der Waals surface area contributed by atoms with E-state index in [-0.39, 0.29) is 45.2 Å². The minimum absolute atomic E-state index is 0.0105. The molecule has 10 heteroatoms. The van der Waals surface area contributed by atoms with Crippen LogP contribution in [-0.4, -0.2) is 41.4 Å². The molecule has 0 aromatic heterocycles. The molecule has 3 aromatic carbocycles. The van der Waals surface area contributed by atoms with Crippen LogP contribution in [0.3, 0.4) is 0 Å². The lowest BCUT2D eigenvalue weighted by molar-refractivity contribution is -0.140. The number of carbonyl (C=O) groups excluding carboxylic acids is 3. The van der Waals surface area contributed by atoms with Crippen LogP contribution in [0.4, 0.5) is 11.4 Å². The van der Waals surface area contributed by atoms with Gasteiger partial charge in [0.1, 0.15) is 11.5 Å². The number of carbonyl (C=O) groups is 4. The number of aromatic carboxylic acids is 1. The largest absolute Gasteiger partial charge is 0.493 e. The standard InChI is InChI=1S/C39H49ClN2O7/c1-10-39(8,9)28-22-25(37(2,3)4)15-20-31(28)48-21-11-12-32(43)41-26-16-19-29(40)30(23-26)42-35(45)33(34(44)38(5,6)7)49-27-17-13-24(14-18-27)36(46)47/h13-20,22-23,33H,10-12,21H2,1-9H3,(H,41,43)(H,42,45)(H,46,47). The van der Waals surface area contributed by atoms with E-state index in [1.165, 1.54) is 42.0 Å². The van der Waals surface area contributed by atoms with Gasteiger partial charge in [-0.3, -0.25) is 14.4 Å². The van der Waals surface area contributed by atoms with Gasteiger partial charge < -0.3 is 25.2 Å². The quantitative estimate of drug-likeness (QED) is 0.114. The third kappa shape index (κ3) is 10.8. The van der Waals surface area contributed by atoms with E-state index in [0.29, 0.717) is 18.7 Å². The van der Waals surface area contributed by atoms with Crippen LogP contribution in [0, 0.1) is 5.41 Å². The van der Waals surface area contributed by atoms with E-state index in [9.17, 15) is 24.3 Å². The fourth-order valence-electron chi connectivity index (χ4n) is 4.81. The zero-order valence-corrected chi connectivity index (χ0v) is 30.7. The van der Waals surface area contributed by atoms with Gasteiger partial charge in [0.15, 0.2) is 5.78 Å². The number of halogens is 1. The molecule has 3 aromatic rings. The molecule has 49 heavy (non-hydrogen) atoms. The van der Waals surface area contributed by atoms with Crippen molar-refractivity contribution in [1.82, 2.24) is 0 Å². The van der Waals surface area contributed by atoms with E-state index < -0.39 is 29.2 Å². The lowest BCUT2D eigenvalue weighted by atomic mass is 9.78. The van der Waals surface area contributed by atoms with Crippen LogP contribution in [-0.2, 0) is 25.2 Å². The predicted octanol–water partition coefficient (Wildman–Crippen LogP) is 8.82. The molecule has 0 bridgehead atoms. The van der Waals surface area contributed by atoms with Crippen molar-refractivity contribution >= 4 is 46.5 Å². The highest BCUT2D eigenvalue weighted by Crippen LogP contribution is 2.37. The van der Waals surface area contributed by atoms with Crippen LogP contribution < -0.4 is 20.1 Å². The van der Waals surface area contributed by atoms with Gasteiger partial charge in [-0.2, -0.15) is 0 Å². The van der Waals surface area contributed by atoms with Gasteiger partial charge in [-0.25, -0.2) is 4.79 Å². The fraction of sp³-hybridized carbons (Fsp3) is 0.436. The summed E-state index contributed by atoms with van der Waals surface area (Å²) in [6.07, 6.45) is 0.0784.